The van der Waals surface area contributed by atoms with Crippen molar-refractivity contribution < 1.29 is 4.79 Å². The van der Waals surface area contributed by atoms with Gasteiger partial charge in [-0.25, -0.2) is 9.97 Å². The van der Waals surface area contributed by atoms with E-state index in [2.05, 4.69) is 15.0 Å². The SMILES string of the molecule is Cc1cccc(-c2[nH]c(-c3ccnc(N)n3)cc2C(N)=O)c1C.Cl. The first-order valence-corrected chi connectivity index (χ1v) is 7.15. The molecule has 1 amide bonds. The van der Waals surface area contributed by atoms with Crippen molar-refractivity contribution in [2.45, 2.75) is 13.8 Å². The molecule has 5 N–H and O–H groups in total. The van der Waals surface area contributed by atoms with Crippen LogP contribution in [-0.4, -0.2) is 20.9 Å². The molecule has 7 heteroatoms. The Morgan fingerprint density at radius 1 is 1.21 bits per heavy atom. The molecule has 0 fully saturated rings. The monoisotopic (exact) mass is 343 g/mol. The number of aromatic amines is 1. The van der Waals surface area contributed by atoms with Crippen molar-refractivity contribution in [3.05, 3.63) is 53.2 Å². The molecular weight excluding hydrogens is 326 g/mol. The molecule has 0 aliphatic rings. The van der Waals surface area contributed by atoms with Crippen molar-refractivity contribution in [1.82, 2.24) is 15.0 Å². The highest BCUT2D eigenvalue weighted by Gasteiger charge is 2.18. The van der Waals surface area contributed by atoms with Crippen molar-refractivity contribution in [3.8, 4) is 22.6 Å². The molecule has 124 valence electrons. The molecule has 0 saturated carbocycles. The van der Waals surface area contributed by atoms with Gasteiger partial charge in [0.2, 0.25) is 5.95 Å². The van der Waals surface area contributed by atoms with Gasteiger partial charge in [-0.2, -0.15) is 0 Å². The number of carbonyl (C=O) groups excluding carboxylic acids is 1. The highest BCUT2D eigenvalue weighted by molar-refractivity contribution is 6.01. The van der Waals surface area contributed by atoms with Gasteiger partial charge in [-0.15, -0.1) is 12.4 Å². The van der Waals surface area contributed by atoms with Crippen LogP contribution in [0.15, 0.2) is 36.5 Å². The molecule has 0 atom stereocenters. The number of halogens is 1. The van der Waals surface area contributed by atoms with E-state index in [-0.39, 0.29) is 18.4 Å². The Morgan fingerprint density at radius 2 is 1.96 bits per heavy atom. The standard InChI is InChI=1S/C17H17N5O.ClH/c1-9-4-3-5-11(10(9)2)15-12(16(18)23)8-14(21-15)13-6-7-20-17(19)22-13;/h3-8,21H,1-2H3,(H2,18,23)(H2,19,20,22);1H. The van der Waals surface area contributed by atoms with Gasteiger partial charge in [0.15, 0.2) is 0 Å². The van der Waals surface area contributed by atoms with Crippen molar-refractivity contribution in [3.63, 3.8) is 0 Å². The number of primary amides is 1. The lowest BCUT2D eigenvalue weighted by atomic mass is 9.99. The Hall–Kier alpha value is -2.86. The number of benzene rings is 1. The lowest BCUT2D eigenvalue weighted by Crippen LogP contribution is -2.11. The number of nitrogens with zero attached hydrogens (tertiary/aromatic N) is 2. The molecule has 6 nitrogen and oxygen atoms in total. The predicted molar refractivity (Wildman–Crippen MR) is 96.9 cm³/mol. The normalized spacial score (nSPS) is 10.2. The highest BCUT2D eigenvalue weighted by atomic mass is 35.5. The molecule has 0 aliphatic carbocycles. The second-order valence-electron chi connectivity index (χ2n) is 5.38. The average Bonchev–Trinajstić information content (AvgIpc) is 2.95. The van der Waals surface area contributed by atoms with E-state index in [1.165, 1.54) is 0 Å². The molecule has 3 aromatic rings. The van der Waals surface area contributed by atoms with Gasteiger partial charge in [0.05, 0.1) is 22.6 Å². The van der Waals surface area contributed by atoms with E-state index in [9.17, 15) is 4.79 Å². The van der Waals surface area contributed by atoms with Crippen LogP contribution in [0.5, 0.6) is 0 Å². The highest BCUT2D eigenvalue weighted by Crippen LogP contribution is 2.31. The van der Waals surface area contributed by atoms with E-state index in [1.54, 1.807) is 18.3 Å². The first-order valence-electron chi connectivity index (χ1n) is 7.15. The summed E-state index contributed by atoms with van der Waals surface area (Å²) in [7, 11) is 0. The zero-order valence-corrected chi connectivity index (χ0v) is 14.1. The molecule has 0 aliphatic heterocycles. The summed E-state index contributed by atoms with van der Waals surface area (Å²) in [6.07, 6.45) is 1.57. The Balaban J connectivity index is 0.00000208. The maximum Gasteiger partial charge on any atom is 0.250 e. The first kappa shape index (κ1) is 17.5. The van der Waals surface area contributed by atoms with Gasteiger partial charge < -0.3 is 16.5 Å². The number of amides is 1. The molecular formula is C17H18ClN5O. The topological polar surface area (TPSA) is 111 Å². The number of aromatic nitrogens is 3. The van der Waals surface area contributed by atoms with E-state index < -0.39 is 5.91 Å². The molecule has 1 aromatic carbocycles. The molecule has 0 unspecified atom stereocenters. The average molecular weight is 344 g/mol. The minimum absolute atomic E-state index is 0. The molecule has 2 aromatic heterocycles. The van der Waals surface area contributed by atoms with Crippen LogP contribution in [0.3, 0.4) is 0 Å². The fourth-order valence-corrected chi connectivity index (χ4v) is 2.55. The lowest BCUT2D eigenvalue weighted by Gasteiger charge is -2.08. The van der Waals surface area contributed by atoms with Crippen LogP contribution in [-0.2, 0) is 0 Å². The zero-order chi connectivity index (χ0) is 16.6. The molecule has 0 radical (unpaired) electrons. The third-order valence-corrected chi connectivity index (χ3v) is 3.91. The van der Waals surface area contributed by atoms with Crippen molar-refractivity contribution in [1.29, 1.82) is 0 Å². The Bertz CT molecular complexity index is 904. The van der Waals surface area contributed by atoms with Crippen LogP contribution < -0.4 is 11.5 Å². The maximum atomic E-state index is 11.8. The van der Waals surface area contributed by atoms with Gasteiger partial charge in [-0.3, -0.25) is 4.79 Å². The lowest BCUT2D eigenvalue weighted by molar-refractivity contribution is 0.100. The second kappa shape index (κ2) is 6.72. The Kier molecular flexibility index (Phi) is 4.90. The second-order valence-corrected chi connectivity index (χ2v) is 5.38. The summed E-state index contributed by atoms with van der Waals surface area (Å²) in [5.41, 5.74) is 16.7. The zero-order valence-electron chi connectivity index (χ0n) is 13.3. The summed E-state index contributed by atoms with van der Waals surface area (Å²) in [5, 5.41) is 0. The fourth-order valence-electron chi connectivity index (χ4n) is 2.55. The maximum absolute atomic E-state index is 11.8. The van der Waals surface area contributed by atoms with Crippen LogP contribution in [0, 0.1) is 13.8 Å². The summed E-state index contributed by atoms with van der Waals surface area (Å²) >= 11 is 0. The predicted octanol–water partition coefficient (Wildman–Crippen LogP) is 2.86. The van der Waals surface area contributed by atoms with Crippen LogP contribution in [0.4, 0.5) is 5.95 Å². The summed E-state index contributed by atoms with van der Waals surface area (Å²) in [5.74, 6) is -0.323. The third kappa shape index (κ3) is 3.09. The minimum Gasteiger partial charge on any atom is -0.368 e. The number of hydrogen-bond acceptors (Lipinski definition) is 4. The van der Waals surface area contributed by atoms with E-state index in [4.69, 9.17) is 11.5 Å². The van der Waals surface area contributed by atoms with Crippen LogP contribution in [0.25, 0.3) is 22.6 Å². The minimum atomic E-state index is -0.495. The van der Waals surface area contributed by atoms with Crippen LogP contribution in [0.1, 0.15) is 21.5 Å². The fraction of sp³-hybridized carbons (Fsp3) is 0.118. The van der Waals surface area contributed by atoms with E-state index >= 15 is 0 Å². The number of carbonyl (C=O) groups is 1. The van der Waals surface area contributed by atoms with E-state index in [0.717, 1.165) is 16.7 Å². The van der Waals surface area contributed by atoms with Crippen molar-refractivity contribution in [2.24, 2.45) is 5.73 Å². The number of nitrogens with one attached hydrogen (secondary N) is 1. The first-order chi connectivity index (χ1) is 11.0. The van der Waals surface area contributed by atoms with Crippen molar-refractivity contribution in [2.75, 3.05) is 5.73 Å². The third-order valence-electron chi connectivity index (χ3n) is 3.91. The number of hydrogen-bond donors (Lipinski definition) is 3. The van der Waals surface area contributed by atoms with Gasteiger partial charge in [-0.05, 0) is 37.1 Å². The summed E-state index contributed by atoms with van der Waals surface area (Å²) < 4.78 is 0. The summed E-state index contributed by atoms with van der Waals surface area (Å²) in [6, 6.07) is 9.35. The number of nitrogens with two attached hydrogens (primary N) is 2. The van der Waals surface area contributed by atoms with Crippen molar-refractivity contribution >= 4 is 24.3 Å². The van der Waals surface area contributed by atoms with E-state index in [1.807, 2.05) is 32.0 Å². The van der Waals surface area contributed by atoms with Gasteiger partial charge in [0.25, 0.3) is 5.91 Å². The number of nitrogen functional groups attached to an aromatic ring is 1. The molecule has 0 bridgehead atoms. The van der Waals surface area contributed by atoms with Crippen LogP contribution in [0.2, 0.25) is 0 Å². The Labute approximate surface area is 145 Å². The number of aryl methyl sites for hydroxylation is 1. The summed E-state index contributed by atoms with van der Waals surface area (Å²) in [4.78, 5) is 23.1. The van der Waals surface area contributed by atoms with Gasteiger partial charge in [-0.1, -0.05) is 18.2 Å². The van der Waals surface area contributed by atoms with Gasteiger partial charge >= 0.3 is 0 Å². The molecule has 24 heavy (non-hydrogen) atoms. The molecule has 2 heterocycles. The summed E-state index contributed by atoms with van der Waals surface area (Å²) in [6.45, 7) is 4.04. The smallest absolute Gasteiger partial charge is 0.250 e. The number of H-pyrrole nitrogens is 1. The molecule has 0 saturated heterocycles. The Morgan fingerprint density at radius 3 is 2.62 bits per heavy atom. The number of rotatable bonds is 3. The quantitative estimate of drug-likeness (QED) is 0.678. The molecule has 0 spiro atoms. The largest absolute Gasteiger partial charge is 0.368 e. The number of anilines is 1. The van der Waals surface area contributed by atoms with Gasteiger partial charge in [0, 0.05) is 11.8 Å². The van der Waals surface area contributed by atoms with Gasteiger partial charge in [0.1, 0.15) is 0 Å². The van der Waals surface area contributed by atoms with Crippen LogP contribution >= 0.6 is 12.4 Å². The molecule has 3 rings (SSSR count). The van der Waals surface area contributed by atoms with E-state index in [0.29, 0.717) is 22.6 Å².